The summed E-state index contributed by atoms with van der Waals surface area (Å²) in [6.45, 7) is 0. The highest BCUT2D eigenvalue weighted by molar-refractivity contribution is 7.98. The van der Waals surface area contributed by atoms with Gasteiger partial charge in [0.05, 0.1) is 0 Å². The van der Waals surface area contributed by atoms with Crippen LogP contribution in [-0.4, -0.2) is 21.5 Å². The Morgan fingerprint density at radius 1 is 1.21 bits per heavy atom. The number of nitrogens with zero attached hydrogens (tertiary/aromatic N) is 2. The van der Waals surface area contributed by atoms with Crippen molar-refractivity contribution in [3.63, 3.8) is 0 Å². The fraction of sp³-hybridized carbons (Fsp3) is 0.474. The highest BCUT2D eigenvalue weighted by Crippen LogP contribution is 2.21. The minimum atomic E-state index is 0.0604. The maximum Gasteiger partial charge on any atom is 0.251 e. The van der Waals surface area contributed by atoms with Crippen LogP contribution in [0.5, 0.6) is 0 Å². The maximum atomic E-state index is 12.4. The molecule has 4 nitrogen and oxygen atoms in total. The quantitative estimate of drug-likeness (QED) is 0.655. The molecule has 128 valence electrons. The van der Waals surface area contributed by atoms with Gasteiger partial charge in [0, 0.05) is 36.8 Å². The van der Waals surface area contributed by atoms with Crippen molar-refractivity contribution in [1.82, 2.24) is 14.9 Å². The van der Waals surface area contributed by atoms with Gasteiger partial charge in [-0.15, -0.1) is 0 Å². The zero-order chi connectivity index (χ0) is 16.8. The number of aryl methyl sites for hydroxylation is 1. The van der Waals surface area contributed by atoms with Crippen LogP contribution in [-0.2, 0) is 12.8 Å². The summed E-state index contributed by atoms with van der Waals surface area (Å²) in [6, 6.07) is 8.29. The highest BCUT2D eigenvalue weighted by Gasteiger charge is 2.15. The lowest BCUT2D eigenvalue weighted by Gasteiger charge is -2.16. The standard InChI is InChI=1S/C19H25N3OS/c1-22-13-12-20-19(22)24-14-15-8-10-16(11-9-15)18(23)21-17-6-4-2-3-5-7-17/h8-13,17H,2-7,14H2,1H3,(H,21,23). The van der Waals surface area contributed by atoms with Gasteiger partial charge >= 0.3 is 0 Å². The lowest BCUT2D eigenvalue weighted by molar-refractivity contribution is 0.0933. The first-order valence-electron chi connectivity index (χ1n) is 8.72. The maximum absolute atomic E-state index is 12.4. The van der Waals surface area contributed by atoms with E-state index in [2.05, 4.69) is 10.3 Å². The first-order valence-corrected chi connectivity index (χ1v) is 9.71. The molecular weight excluding hydrogens is 318 g/mol. The molecule has 0 saturated heterocycles. The molecule has 0 atom stereocenters. The Hall–Kier alpha value is -1.75. The SMILES string of the molecule is Cn1ccnc1SCc1ccc(C(=O)NC2CCCCCC2)cc1. The van der Waals surface area contributed by atoms with Crippen LogP contribution in [0.15, 0.2) is 41.8 Å². The number of rotatable bonds is 5. The van der Waals surface area contributed by atoms with E-state index in [0.717, 1.165) is 29.3 Å². The number of benzene rings is 1. The van der Waals surface area contributed by atoms with Crippen LogP contribution in [0.4, 0.5) is 0 Å². The number of carbonyl (C=O) groups is 1. The first-order chi connectivity index (χ1) is 11.7. The molecule has 0 unspecified atom stereocenters. The lowest BCUT2D eigenvalue weighted by Crippen LogP contribution is -2.34. The summed E-state index contributed by atoms with van der Waals surface area (Å²) in [5.74, 6) is 0.917. The number of nitrogens with one attached hydrogen (secondary N) is 1. The van der Waals surface area contributed by atoms with Gasteiger partial charge in [-0.05, 0) is 30.5 Å². The molecule has 0 bridgehead atoms. The molecular formula is C19H25N3OS. The molecule has 1 aliphatic carbocycles. The van der Waals surface area contributed by atoms with Crippen LogP contribution in [0.1, 0.15) is 54.4 Å². The molecule has 0 spiro atoms. The van der Waals surface area contributed by atoms with Crippen LogP contribution in [0, 0.1) is 0 Å². The summed E-state index contributed by atoms with van der Waals surface area (Å²) in [4.78, 5) is 16.7. The van der Waals surface area contributed by atoms with E-state index in [9.17, 15) is 4.79 Å². The van der Waals surface area contributed by atoms with Gasteiger partial charge in [0.1, 0.15) is 0 Å². The van der Waals surface area contributed by atoms with Crippen molar-refractivity contribution in [1.29, 1.82) is 0 Å². The number of hydrogen-bond acceptors (Lipinski definition) is 3. The zero-order valence-electron chi connectivity index (χ0n) is 14.2. The number of imidazole rings is 1. The predicted molar refractivity (Wildman–Crippen MR) is 98.2 cm³/mol. The van der Waals surface area contributed by atoms with Crippen molar-refractivity contribution in [2.45, 2.75) is 55.5 Å². The zero-order valence-corrected chi connectivity index (χ0v) is 15.0. The summed E-state index contributed by atoms with van der Waals surface area (Å²) in [7, 11) is 2.00. The van der Waals surface area contributed by atoms with E-state index >= 15 is 0 Å². The van der Waals surface area contributed by atoms with Gasteiger partial charge < -0.3 is 9.88 Å². The molecule has 5 heteroatoms. The van der Waals surface area contributed by atoms with E-state index in [1.807, 2.05) is 48.3 Å². The lowest BCUT2D eigenvalue weighted by atomic mass is 10.1. The Morgan fingerprint density at radius 2 is 1.92 bits per heavy atom. The summed E-state index contributed by atoms with van der Waals surface area (Å²) in [5, 5.41) is 4.20. The van der Waals surface area contributed by atoms with Crippen molar-refractivity contribution in [2.75, 3.05) is 0 Å². The van der Waals surface area contributed by atoms with Crippen LogP contribution in [0.2, 0.25) is 0 Å². The Labute approximate surface area is 148 Å². The Bertz CT molecular complexity index is 658. The molecule has 1 aromatic heterocycles. The van der Waals surface area contributed by atoms with Gasteiger partial charge in [-0.3, -0.25) is 4.79 Å². The van der Waals surface area contributed by atoms with Gasteiger partial charge in [0.25, 0.3) is 5.91 Å². The number of amides is 1. The number of aromatic nitrogens is 2. The summed E-state index contributed by atoms with van der Waals surface area (Å²) in [5.41, 5.74) is 1.96. The molecule has 1 N–H and O–H groups in total. The van der Waals surface area contributed by atoms with E-state index in [-0.39, 0.29) is 5.91 Å². The second-order valence-electron chi connectivity index (χ2n) is 6.47. The highest BCUT2D eigenvalue weighted by atomic mass is 32.2. The van der Waals surface area contributed by atoms with Crippen LogP contribution in [0.3, 0.4) is 0 Å². The fourth-order valence-electron chi connectivity index (χ4n) is 3.08. The molecule has 0 aliphatic heterocycles. The minimum absolute atomic E-state index is 0.0604. The van der Waals surface area contributed by atoms with Crippen molar-refractivity contribution in [2.24, 2.45) is 7.05 Å². The molecule has 24 heavy (non-hydrogen) atoms. The van der Waals surface area contributed by atoms with Crippen molar-refractivity contribution >= 4 is 17.7 Å². The minimum Gasteiger partial charge on any atom is -0.349 e. The Kier molecular flexibility index (Phi) is 5.96. The van der Waals surface area contributed by atoms with E-state index in [1.165, 1.54) is 31.2 Å². The van der Waals surface area contributed by atoms with Crippen molar-refractivity contribution < 1.29 is 4.79 Å². The first kappa shape index (κ1) is 17.1. The van der Waals surface area contributed by atoms with Gasteiger partial charge in [0.2, 0.25) is 0 Å². The third kappa shape index (κ3) is 4.63. The third-order valence-electron chi connectivity index (χ3n) is 4.55. The largest absolute Gasteiger partial charge is 0.349 e. The topological polar surface area (TPSA) is 46.9 Å². The predicted octanol–water partition coefficient (Wildman–Crippen LogP) is 4.17. The van der Waals surface area contributed by atoms with E-state index in [0.29, 0.717) is 6.04 Å². The van der Waals surface area contributed by atoms with Crippen molar-refractivity contribution in [3.05, 3.63) is 47.8 Å². The molecule has 1 heterocycles. The molecule has 3 rings (SSSR count). The van der Waals surface area contributed by atoms with Crippen molar-refractivity contribution in [3.8, 4) is 0 Å². The van der Waals surface area contributed by atoms with Gasteiger partial charge in [0.15, 0.2) is 5.16 Å². The molecule has 1 aliphatic rings. The normalized spacial score (nSPS) is 15.9. The summed E-state index contributed by atoms with van der Waals surface area (Å²) < 4.78 is 2.01. The molecule has 2 aromatic rings. The third-order valence-corrected chi connectivity index (χ3v) is 5.68. The summed E-state index contributed by atoms with van der Waals surface area (Å²) in [6.07, 6.45) is 11.0. The van der Waals surface area contributed by atoms with E-state index < -0.39 is 0 Å². The van der Waals surface area contributed by atoms with Crippen LogP contribution in [0.25, 0.3) is 0 Å². The fourth-order valence-corrected chi connectivity index (χ4v) is 3.97. The Morgan fingerprint density at radius 3 is 2.54 bits per heavy atom. The monoisotopic (exact) mass is 343 g/mol. The number of hydrogen-bond donors (Lipinski definition) is 1. The average Bonchev–Trinajstić information content (AvgIpc) is 2.83. The molecule has 1 amide bonds. The van der Waals surface area contributed by atoms with Gasteiger partial charge in [-0.2, -0.15) is 0 Å². The molecule has 1 aromatic carbocycles. The molecule has 1 saturated carbocycles. The number of thioether (sulfide) groups is 1. The van der Waals surface area contributed by atoms with Crippen LogP contribution >= 0.6 is 11.8 Å². The van der Waals surface area contributed by atoms with Crippen LogP contribution < -0.4 is 5.32 Å². The van der Waals surface area contributed by atoms with E-state index in [1.54, 1.807) is 11.8 Å². The van der Waals surface area contributed by atoms with Gasteiger partial charge in [-0.25, -0.2) is 4.98 Å². The second kappa shape index (κ2) is 8.38. The molecule has 0 radical (unpaired) electrons. The average molecular weight is 343 g/mol. The second-order valence-corrected chi connectivity index (χ2v) is 7.41. The smallest absolute Gasteiger partial charge is 0.251 e. The van der Waals surface area contributed by atoms with E-state index in [4.69, 9.17) is 0 Å². The summed E-state index contributed by atoms with van der Waals surface area (Å²) >= 11 is 1.70. The Balaban J connectivity index is 1.53. The molecule has 1 fully saturated rings. The van der Waals surface area contributed by atoms with Gasteiger partial charge in [-0.1, -0.05) is 49.6 Å². The number of carbonyl (C=O) groups excluding carboxylic acids is 1.